The zero-order chi connectivity index (χ0) is 23.0. The molecule has 4 rings (SSSR count). The first-order valence-electron chi connectivity index (χ1n) is 11.4. The highest BCUT2D eigenvalue weighted by atomic mass is 16.5. The lowest BCUT2D eigenvalue weighted by Crippen LogP contribution is -2.56. The first kappa shape index (κ1) is 22.5. The first-order valence-corrected chi connectivity index (χ1v) is 11.4. The normalized spacial score (nSPS) is 19.8. The van der Waals surface area contributed by atoms with Gasteiger partial charge in [-0.1, -0.05) is 6.92 Å². The van der Waals surface area contributed by atoms with Crippen molar-refractivity contribution in [3.8, 4) is 5.75 Å². The third-order valence-electron chi connectivity index (χ3n) is 7.26. The molecule has 3 heterocycles. The smallest absolute Gasteiger partial charge is 0.317 e. The molecular weight excluding hydrogens is 408 g/mol. The molecule has 1 aromatic carbocycles. The SMILES string of the molecule is CCCNC(=O)N1CCC2(CC1)CN(C(C)=O)[C@H](CO)c1c2c2ccc(OC)cc2n1C. The largest absolute Gasteiger partial charge is 0.497 e. The average Bonchev–Trinajstić information content (AvgIpc) is 3.10. The Morgan fingerprint density at radius 3 is 2.59 bits per heavy atom. The number of aliphatic hydroxyl groups is 1. The molecule has 1 spiro atoms. The third kappa shape index (κ3) is 3.50. The van der Waals surface area contributed by atoms with Gasteiger partial charge in [0.2, 0.25) is 5.91 Å². The number of hydrogen-bond acceptors (Lipinski definition) is 4. The summed E-state index contributed by atoms with van der Waals surface area (Å²) in [4.78, 5) is 28.9. The molecule has 2 aliphatic rings. The van der Waals surface area contributed by atoms with Crippen LogP contribution >= 0.6 is 0 Å². The van der Waals surface area contributed by atoms with Crippen LogP contribution in [0.1, 0.15) is 50.4 Å². The number of methoxy groups -OCH3 is 1. The van der Waals surface area contributed by atoms with Crippen molar-refractivity contribution < 1.29 is 19.4 Å². The number of ether oxygens (including phenoxy) is 1. The summed E-state index contributed by atoms with van der Waals surface area (Å²) >= 11 is 0. The number of hydrogen-bond donors (Lipinski definition) is 2. The van der Waals surface area contributed by atoms with Gasteiger partial charge in [-0.25, -0.2) is 4.79 Å². The van der Waals surface area contributed by atoms with Crippen molar-refractivity contribution in [3.05, 3.63) is 29.5 Å². The lowest BCUT2D eigenvalue weighted by Gasteiger charge is -2.50. The van der Waals surface area contributed by atoms with Gasteiger partial charge in [0.1, 0.15) is 5.75 Å². The van der Waals surface area contributed by atoms with Crippen molar-refractivity contribution in [2.75, 3.05) is 39.9 Å². The molecule has 1 saturated heterocycles. The number of likely N-dealkylation sites (tertiary alicyclic amines) is 1. The molecule has 1 aromatic heterocycles. The van der Waals surface area contributed by atoms with Gasteiger partial charge in [0.05, 0.1) is 25.3 Å². The van der Waals surface area contributed by atoms with E-state index in [2.05, 4.69) is 16.0 Å². The van der Waals surface area contributed by atoms with Crippen LogP contribution in [0.15, 0.2) is 18.2 Å². The molecule has 2 aromatic rings. The average molecular weight is 443 g/mol. The van der Waals surface area contributed by atoms with Crippen LogP contribution in [0.3, 0.4) is 0 Å². The van der Waals surface area contributed by atoms with Crippen molar-refractivity contribution in [3.63, 3.8) is 0 Å². The maximum absolute atomic E-state index is 12.6. The summed E-state index contributed by atoms with van der Waals surface area (Å²) in [5.41, 5.74) is 2.96. The second kappa shape index (κ2) is 8.65. The van der Waals surface area contributed by atoms with Gasteiger partial charge in [-0.2, -0.15) is 0 Å². The number of fused-ring (bicyclic) bond motifs is 4. The molecule has 174 valence electrons. The number of rotatable bonds is 4. The predicted octanol–water partition coefficient (Wildman–Crippen LogP) is 2.54. The summed E-state index contributed by atoms with van der Waals surface area (Å²) in [7, 11) is 3.65. The fourth-order valence-corrected chi connectivity index (χ4v) is 5.58. The molecule has 8 heteroatoms. The van der Waals surface area contributed by atoms with Gasteiger partial charge in [0, 0.05) is 62.7 Å². The number of carbonyl (C=O) groups excluding carboxylic acids is 2. The lowest BCUT2D eigenvalue weighted by molar-refractivity contribution is -0.135. The Bertz CT molecular complexity index is 1020. The maximum Gasteiger partial charge on any atom is 0.317 e. The fraction of sp³-hybridized carbons (Fsp3) is 0.583. The molecule has 1 fully saturated rings. The van der Waals surface area contributed by atoms with Crippen LogP contribution < -0.4 is 10.1 Å². The van der Waals surface area contributed by atoms with E-state index in [-0.39, 0.29) is 30.0 Å². The lowest BCUT2D eigenvalue weighted by atomic mass is 9.68. The van der Waals surface area contributed by atoms with Crippen LogP contribution in [0.25, 0.3) is 10.9 Å². The molecule has 0 aliphatic carbocycles. The van der Waals surface area contributed by atoms with Crippen LogP contribution in [-0.2, 0) is 17.3 Å². The summed E-state index contributed by atoms with van der Waals surface area (Å²) < 4.78 is 7.56. The van der Waals surface area contributed by atoms with Crippen LogP contribution in [0.2, 0.25) is 0 Å². The molecule has 8 nitrogen and oxygen atoms in total. The predicted molar refractivity (Wildman–Crippen MR) is 123 cm³/mol. The van der Waals surface area contributed by atoms with Crippen molar-refractivity contribution in [1.82, 2.24) is 19.7 Å². The number of aliphatic hydroxyl groups excluding tert-OH is 1. The standard InChI is InChI=1S/C24H34N4O4/c1-5-10-25-23(31)27-11-8-24(9-12-27)15-28(16(2)30)20(14-29)22-21(24)18-7-6-17(32-4)13-19(18)26(22)3/h6-7,13,20,29H,5,8-12,14-15H2,1-4H3,(H,25,31)/t20-/m1/s1. The van der Waals surface area contributed by atoms with Crippen LogP contribution in [-0.4, -0.2) is 71.3 Å². The molecule has 32 heavy (non-hydrogen) atoms. The minimum Gasteiger partial charge on any atom is -0.497 e. The summed E-state index contributed by atoms with van der Waals surface area (Å²) in [6.07, 6.45) is 2.45. The van der Waals surface area contributed by atoms with E-state index >= 15 is 0 Å². The van der Waals surface area contributed by atoms with E-state index in [1.807, 2.05) is 35.9 Å². The Morgan fingerprint density at radius 1 is 1.28 bits per heavy atom. The molecule has 0 unspecified atom stereocenters. The number of nitrogens with zero attached hydrogens (tertiary/aromatic N) is 3. The van der Waals surface area contributed by atoms with Crippen LogP contribution in [0, 0.1) is 0 Å². The van der Waals surface area contributed by atoms with E-state index in [9.17, 15) is 14.7 Å². The highest BCUT2D eigenvalue weighted by Crippen LogP contribution is 2.50. The van der Waals surface area contributed by atoms with Gasteiger partial charge >= 0.3 is 6.03 Å². The maximum atomic E-state index is 12.6. The first-order chi connectivity index (χ1) is 15.4. The second-order valence-corrected chi connectivity index (χ2v) is 9.05. The molecule has 3 amide bonds. The Labute approximate surface area is 189 Å². The number of amides is 3. The number of aryl methyl sites for hydroxylation is 1. The number of carbonyl (C=O) groups is 2. The molecule has 1 atom stereocenters. The Balaban J connectivity index is 1.80. The Morgan fingerprint density at radius 2 is 2.00 bits per heavy atom. The number of aromatic nitrogens is 1. The molecule has 2 aliphatic heterocycles. The van der Waals surface area contributed by atoms with Crippen molar-refractivity contribution in [1.29, 1.82) is 0 Å². The monoisotopic (exact) mass is 442 g/mol. The highest BCUT2D eigenvalue weighted by molar-refractivity contribution is 5.89. The van der Waals surface area contributed by atoms with Gasteiger partial charge in [0.15, 0.2) is 0 Å². The van der Waals surface area contributed by atoms with Gasteiger partial charge in [-0.15, -0.1) is 0 Å². The van der Waals surface area contributed by atoms with Crippen molar-refractivity contribution in [2.45, 2.75) is 44.6 Å². The van der Waals surface area contributed by atoms with Crippen molar-refractivity contribution >= 4 is 22.8 Å². The number of benzene rings is 1. The second-order valence-electron chi connectivity index (χ2n) is 9.05. The molecule has 0 radical (unpaired) electrons. The van der Waals surface area contributed by atoms with Gasteiger partial charge in [0.25, 0.3) is 0 Å². The fourth-order valence-electron chi connectivity index (χ4n) is 5.58. The van der Waals surface area contributed by atoms with Gasteiger partial charge in [-0.05, 0) is 37.0 Å². The minimum absolute atomic E-state index is 0.0166. The number of urea groups is 1. The van der Waals surface area contributed by atoms with Gasteiger partial charge in [-0.3, -0.25) is 4.79 Å². The van der Waals surface area contributed by atoms with Gasteiger partial charge < -0.3 is 29.5 Å². The third-order valence-corrected chi connectivity index (χ3v) is 7.26. The zero-order valence-electron chi connectivity index (χ0n) is 19.5. The Hall–Kier alpha value is -2.74. The van der Waals surface area contributed by atoms with Crippen molar-refractivity contribution in [2.24, 2.45) is 7.05 Å². The summed E-state index contributed by atoms with van der Waals surface area (Å²) in [5.74, 6) is 0.732. The molecule has 0 saturated carbocycles. The topological polar surface area (TPSA) is 87.0 Å². The van der Waals surface area contributed by atoms with Crippen LogP contribution in [0.4, 0.5) is 4.79 Å². The summed E-state index contributed by atoms with van der Waals surface area (Å²) in [6.45, 7) is 5.98. The van der Waals surface area contributed by atoms with Crippen LogP contribution in [0.5, 0.6) is 5.75 Å². The van der Waals surface area contributed by atoms with E-state index in [0.29, 0.717) is 26.2 Å². The van der Waals surface area contributed by atoms with E-state index < -0.39 is 0 Å². The zero-order valence-corrected chi connectivity index (χ0v) is 19.5. The molecule has 0 bridgehead atoms. The summed E-state index contributed by atoms with van der Waals surface area (Å²) in [5, 5.41) is 14.4. The number of piperidine rings is 1. The molecular formula is C24H34N4O4. The Kier molecular flexibility index (Phi) is 6.07. The number of nitrogens with one attached hydrogen (secondary N) is 1. The quantitative estimate of drug-likeness (QED) is 0.762. The van der Waals surface area contributed by atoms with E-state index in [0.717, 1.165) is 41.6 Å². The highest BCUT2D eigenvalue weighted by Gasteiger charge is 2.49. The summed E-state index contributed by atoms with van der Waals surface area (Å²) in [6, 6.07) is 5.67. The molecule has 2 N–H and O–H groups in total. The van der Waals surface area contributed by atoms with E-state index in [4.69, 9.17) is 4.74 Å². The van der Waals surface area contributed by atoms with E-state index in [1.165, 1.54) is 5.56 Å². The minimum atomic E-state index is -0.387. The van der Waals surface area contributed by atoms with E-state index in [1.54, 1.807) is 14.0 Å².